The van der Waals surface area contributed by atoms with Crippen molar-refractivity contribution in [1.29, 1.82) is 0 Å². The molecule has 0 N–H and O–H groups in total. The van der Waals surface area contributed by atoms with Gasteiger partial charge in [-0.25, -0.2) is 0 Å². The van der Waals surface area contributed by atoms with E-state index in [9.17, 15) is 0 Å². The van der Waals surface area contributed by atoms with Gasteiger partial charge >= 0.3 is 0 Å². The Morgan fingerprint density at radius 3 is 1.36 bits per heavy atom. The summed E-state index contributed by atoms with van der Waals surface area (Å²) in [5.74, 6) is 0. The van der Waals surface area contributed by atoms with Crippen LogP contribution >= 0.6 is 0 Å². The molecule has 0 aromatic carbocycles. The molecule has 0 atom stereocenters. The third kappa shape index (κ3) is 17.3. The lowest BCUT2D eigenvalue weighted by Gasteiger charge is -1.86. The highest BCUT2D eigenvalue weighted by atomic mass is 14.6. The van der Waals surface area contributed by atoms with Crippen LogP contribution in [0, 0.1) is 0 Å². The Morgan fingerprint density at radius 1 is 0.786 bits per heavy atom. The smallest absolute Gasteiger partial charge is 0.0267 e. The normalized spacial score (nSPS) is 7.71. The van der Waals surface area contributed by atoms with Crippen molar-refractivity contribution in [3.05, 3.63) is 30.6 Å². The first-order valence-corrected chi connectivity index (χ1v) is 5.76. The zero-order valence-electron chi connectivity index (χ0n) is 10.2. The summed E-state index contributed by atoms with van der Waals surface area (Å²) in [5, 5.41) is 0. The van der Waals surface area contributed by atoms with Gasteiger partial charge in [0.15, 0.2) is 0 Å². The molecule has 1 rings (SSSR count). The van der Waals surface area contributed by atoms with Crippen LogP contribution in [0.1, 0.15) is 53.4 Å². The molecule has 1 heterocycles. The van der Waals surface area contributed by atoms with E-state index in [2.05, 4.69) is 18.8 Å². The highest BCUT2D eigenvalue weighted by molar-refractivity contribution is 4.88. The van der Waals surface area contributed by atoms with E-state index in [4.69, 9.17) is 0 Å². The van der Waals surface area contributed by atoms with Crippen molar-refractivity contribution >= 4 is 0 Å². The van der Waals surface area contributed by atoms with Crippen LogP contribution < -0.4 is 0 Å². The Balaban J connectivity index is 0. The molecule has 0 spiro atoms. The van der Waals surface area contributed by atoms with Gasteiger partial charge in [-0.2, -0.15) is 0 Å². The van der Waals surface area contributed by atoms with Gasteiger partial charge in [-0.15, -0.1) is 0 Å². The molecule has 1 nitrogen and oxygen atoms in total. The average molecular weight is 195 g/mol. The first-order valence-electron chi connectivity index (χ1n) is 5.76. The van der Waals surface area contributed by atoms with Gasteiger partial charge in [-0.05, 0) is 12.1 Å². The number of aromatic nitrogens is 1. The first-order chi connectivity index (χ1) is 6.91. The number of hydrogen-bond donors (Lipinski definition) is 0. The topological polar surface area (TPSA) is 12.9 Å². The molecule has 0 aliphatic heterocycles. The fourth-order valence-electron chi connectivity index (χ4n) is 0.813. The zero-order chi connectivity index (χ0) is 11.1. The van der Waals surface area contributed by atoms with Crippen LogP contribution in [0.25, 0.3) is 0 Å². The van der Waals surface area contributed by atoms with Crippen molar-refractivity contribution in [2.75, 3.05) is 0 Å². The Labute approximate surface area is 89.6 Å². The predicted molar refractivity (Wildman–Crippen MR) is 65.4 cm³/mol. The lowest BCUT2D eigenvalue weighted by atomic mass is 10.2. The molecule has 14 heavy (non-hydrogen) atoms. The fraction of sp³-hybridized carbons (Fsp3) is 0.615. The Hall–Kier alpha value is -0.850. The molecule has 0 amide bonds. The first kappa shape index (κ1) is 15.6. The maximum Gasteiger partial charge on any atom is 0.0267 e. The van der Waals surface area contributed by atoms with Crippen LogP contribution in [0.5, 0.6) is 0 Å². The minimum absolute atomic E-state index is 1.36. The van der Waals surface area contributed by atoms with E-state index in [0.29, 0.717) is 0 Å². The third-order valence-electron chi connectivity index (χ3n) is 1.52. The molecule has 1 heteroatoms. The summed E-state index contributed by atoms with van der Waals surface area (Å²) < 4.78 is 0. The minimum atomic E-state index is 1.36. The summed E-state index contributed by atoms with van der Waals surface area (Å²) in [7, 11) is 0. The van der Waals surface area contributed by atoms with Crippen LogP contribution in [-0.2, 0) is 0 Å². The Kier molecular flexibility index (Phi) is 20.1. The highest BCUT2D eigenvalue weighted by Crippen LogP contribution is 1.95. The van der Waals surface area contributed by atoms with E-state index in [1.807, 2.05) is 32.0 Å². The standard InChI is InChI=1S/C6H14.C5H5N.C2H6/c1-3-5-6-4-2;1-2-4-6-5-3-1;1-2/h3-6H2,1-2H3;1-5H;1-2H3. The molecule has 0 saturated heterocycles. The summed E-state index contributed by atoms with van der Waals surface area (Å²) in [4.78, 5) is 3.78. The monoisotopic (exact) mass is 195 g/mol. The molecule has 1 aromatic heterocycles. The van der Waals surface area contributed by atoms with Crippen molar-refractivity contribution in [1.82, 2.24) is 4.98 Å². The van der Waals surface area contributed by atoms with Gasteiger partial charge in [0.1, 0.15) is 0 Å². The van der Waals surface area contributed by atoms with Crippen molar-refractivity contribution in [3.8, 4) is 0 Å². The molecule has 0 unspecified atom stereocenters. The summed E-state index contributed by atoms with van der Waals surface area (Å²) in [6.07, 6.45) is 9.04. The number of pyridine rings is 1. The number of nitrogens with zero attached hydrogens (tertiary/aromatic N) is 1. The maximum absolute atomic E-state index is 3.78. The second-order valence-electron chi connectivity index (χ2n) is 2.73. The van der Waals surface area contributed by atoms with Gasteiger partial charge in [0.2, 0.25) is 0 Å². The average Bonchev–Trinajstić information content (AvgIpc) is 2.32. The predicted octanol–water partition coefficient (Wildman–Crippen LogP) is 4.69. The maximum atomic E-state index is 3.78. The summed E-state index contributed by atoms with van der Waals surface area (Å²) in [5.41, 5.74) is 0. The molecule has 82 valence electrons. The molecule has 0 aliphatic carbocycles. The Bertz CT molecular complexity index is 118. The van der Waals surface area contributed by atoms with Crippen molar-refractivity contribution in [2.24, 2.45) is 0 Å². The second-order valence-corrected chi connectivity index (χ2v) is 2.73. The quantitative estimate of drug-likeness (QED) is 0.637. The van der Waals surface area contributed by atoms with Crippen molar-refractivity contribution in [2.45, 2.75) is 53.4 Å². The van der Waals surface area contributed by atoms with E-state index in [-0.39, 0.29) is 0 Å². The van der Waals surface area contributed by atoms with Gasteiger partial charge in [-0.1, -0.05) is 59.4 Å². The number of hydrogen-bond acceptors (Lipinski definition) is 1. The van der Waals surface area contributed by atoms with E-state index >= 15 is 0 Å². The van der Waals surface area contributed by atoms with Crippen LogP contribution in [0.4, 0.5) is 0 Å². The fourth-order valence-corrected chi connectivity index (χ4v) is 0.813. The Morgan fingerprint density at radius 2 is 1.21 bits per heavy atom. The van der Waals surface area contributed by atoms with E-state index in [1.54, 1.807) is 12.4 Å². The second kappa shape index (κ2) is 18.0. The van der Waals surface area contributed by atoms with Gasteiger partial charge in [0, 0.05) is 12.4 Å². The lowest BCUT2D eigenvalue weighted by molar-refractivity contribution is 0.702. The van der Waals surface area contributed by atoms with Gasteiger partial charge in [0.25, 0.3) is 0 Å². The van der Waals surface area contributed by atoms with Crippen LogP contribution in [0.2, 0.25) is 0 Å². The molecule has 0 saturated carbocycles. The van der Waals surface area contributed by atoms with Gasteiger partial charge in [0.05, 0.1) is 0 Å². The number of rotatable bonds is 3. The molecule has 0 fully saturated rings. The molecular weight excluding hydrogens is 170 g/mol. The zero-order valence-corrected chi connectivity index (χ0v) is 10.2. The summed E-state index contributed by atoms with van der Waals surface area (Å²) in [6.45, 7) is 8.46. The van der Waals surface area contributed by atoms with Gasteiger partial charge in [-0.3, -0.25) is 4.98 Å². The largest absolute Gasteiger partial charge is 0.265 e. The number of unbranched alkanes of at least 4 members (excludes halogenated alkanes) is 3. The van der Waals surface area contributed by atoms with Crippen LogP contribution in [-0.4, -0.2) is 4.98 Å². The SMILES string of the molecule is CC.CCCCCC.c1ccncc1. The summed E-state index contributed by atoms with van der Waals surface area (Å²) in [6, 6.07) is 5.72. The van der Waals surface area contributed by atoms with Crippen molar-refractivity contribution < 1.29 is 0 Å². The molecule has 0 radical (unpaired) electrons. The molecule has 0 aliphatic rings. The van der Waals surface area contributed by atoms with Crippen molar-refractivity contribution in [3.63, 3.8) is 0 Å². The van der Waals surface area contributed by atoms with E-state index < -0.39 is 0 Å². The van der Waals surface area contributed by atoms with E-state index in [0.717, 1.165) is 0 Å². The minimum Gasteiger partial charge on any atom is -0.265 e. The molecule has 1 aromatic rings. The van der Waals surface area contributed by atoms with E-state index in [1.165, 1.54) is 25.7 Å². The molecule has 0 bridgehead atoms. The third-order valence-corrected chi connectivity index (χ3v) is 1.52. The molecular formula is C13H25N. The van der Waals surface area contributed by atoms with Crippen LogP contribution in [0.3, 0.4) is 0 Å². The van der Waals surface area contributed by atoms with Crippen LogP contribution in [0.15, 0.2) is 30.6 Å². The highest BCUT2D eigenvalue weighted by Gasteiger charge is 1.75. The lowest BCUT2D eigenvalue weighted by Crippen LogP contribution is -1.66. The summed E-state index contributed by atoms with van der Waals surface area (Å²) >= 11 is 0. The van der Waals surface area contributed by atoms with Gasteiger partial charge < -0.3 is 0 Å².